The van der Waals surface area contributed by atoms with Gasteiger partial charge in [0.2, 0.25) is 0 Å². The predicted molar refractivity (Wildman–Crippen MR) is 67.3 cm³/mol. The fourth-order valence-electron chi connectivity index (χ4n) is 1.21. The summed E-state index contributed by atoms with van der Waals surface area (Å²) in [4.78, 5) is 19.6. The number of carbonyl (C=O) groups is 1. The molecule has 5 nitrogen and oxygen atoms in total. The van der Waals surface area contributed by atoms with Crippen LogP contribution in [-0.4, -0.2) is 39.4 Å². The second-order valence-electron chi connectivity index (χ2n) is 4.11. The molecule has 2 N–H and O–H groups in total. The summed E-state index contributed by atoms with van der Waals surface area (Å²) < 4.78 is 0. The van der Waals surface area contributed by atoms with Crippen molar-refractivity contribution >= 4 is 17.7 Å². The highest BCUT2D eigenvalue weighted by molar-refractivity contribution is 7.99. The summed E-state index contributed by atoms with van der Waals surface area (Å²) in [7, 11) is 1.64. The van der Waals surface area contributed by atoms with Crippen molar-refractivity contribution in [2.45, 2.75) is 31.5 Å². The van der Waals surface area contributed by atoms with Gasteiger partial charge in [-0.05, 0) is 33.9 Å². The minimum atomic E-state index is -0.967. The number of aromatic nitrogens is 2. The minimum absolute atomic E-state index is 0.377. The number of thioether (sulfide) groups is 1. The van der Waals surface area contributed by atoms with Gasteiger partial charge in [0.1, 0.15) is 5.54 Å². The van der Waals surface area contributed by atoms with Gasteiger partial charge in [-0.15, -0.1) is 0 Å². The van der Waals surface area contributed by atoms with Gasteiger partial charge in [-0.25, -0.2) is 9.97 Å². The Balaban J connectivity index is 2.76. The lowest BCUT2D eigenvalue weighted by molar-refractivity contribution is -0.142. The summed E-state index contributed by atoms with van der Waals surface area (Å²) in [5.41, 5.74) is 0.814. The molecular formula is C11H17N3O2S. The van der Waals surface area contributed by atoms with Crippen LogP contribution in [0.3, 0.4) is 0 Å². The molecule has 0 spiro atoms. The molecule has 0 fully saturated rings. The van der Waals surface area contributed by atoms with Crippen molar-refractivity contribution in [3.05, 3.63) is 17.5 Å². The van der Waals surface area contributed by atoms with E-state index < -0.39 is 11.5 Å². The summed E-state index contributed by atoms with van der Waals surface area (Å²) >= 11 is 1.34. The van der Waals surface area contributed by atoms with E-state index in [4.69, 9.17) is 5.11 Å². The Morgan fingerprint density at radius 2 is 2.00 bits per heavy atom. The van der Waals surface area contributed by atoms with Crippen molar-refractivity contribution in [2.75, 3.05) is 12.8 Å². The average Bonchev–Trinajstić information content (AvgIpc) is 2.24. The molecule has 17 heavy (non-hydrogen) atoms. The Labute approximate surface area is 105 Å². The van der Waals surface area contributed by atoms with E-state index in [0.717, 1.165) is 11.4 Å². The molecule has 1 aromatic heterocycles. The second kappa shape index (κ2) is 5.46. The number of carboxylic acid groups (broad SMARTS) is 1. The first-order valence-electron chi connectivity index (χ1n) is 5.25. The number of nitrogens with zero attached hydrogens (tertiary/aromatic N) is 2. The Morgan fingerprint density at radius 3 is 2.41 bits per heavy atom. The zero-order valence-electron chi connectivity index (χ0n) is 10.4. The Bertz CT molecular complexity index is 405. The van der Waals surface area contributed by atoms with E-state index in [-0.39, 0.29) is 0 Å². The van der Waals surface area contributed by atoms with Crippen molar-refractivity contribution in [1.29, 1.82) is 0 Å². The van der Waals surface area contributed by atoms with E-state index in [0.29, 0.717) is 10.9 Å². The second-order valence-corrected chi connectivity index (χ2v) is 5.05. The van der Waals surface area contributed by atoms with Gasteiger partial charge in [0.05, 0.1) is 0 Å². The number of aliphatic carboxylic acids is 1. The molecule has 1 heterocycles. The molecule has 0 aromatic carbocycles. The van der Waals surface area contributed by atoms with Gasteiger partial charge >= 0.3 is 5.97 Å². The summed E-state index contributed by atoms with van der Waals surface area (Å²) in [5.74, 6) is -0.501. The van der Waals surface area contributed by atoms with E-state index in [1.807, 2.05) is 19.9 Å². The van der Waals surface area contributed by atoms with Gasteiger partial charge < -0.3 is 10.4 Å². The van der Waals surface area contributed by atoms with Crippen LogP contribution in [0, 0.1) is 13.8 Å². The van der Waals surface area contributed by atoms with Gasteiger partial charge in [0.15, 0.2) is 5.16 Å². The van der Waals surface area contributed by atoms with Crippen molar-refractivity contribution in [3.8, 4) is 0 Å². The normalized spacial score (nSPS) is 14.4. The topological polar surface area (TPSA) is 75.1 Å². The first kappa shape index (κ1) is 13.9. The van der Waals surface area contributed by atoms with Gasteiger partial charge in [0.25, 0.3) is 0 Å². The molecular weight excluding hydrogens is 238 g/mol. The SMILES string of the molecule is CNC(C)(CSc1nc(C)cc(C)n1)C(=O)O. The Kier molecular flexibility index (Phi) is 4.47. The molecule has 6 heteroatoms. The Morgan fingerprint density at radius 1 is 1.47 bits per heavy atom. The number of rotatable bonds is 5. The molecule has 0 radical (unpaired) electrons. The standard InChI is InChI=1S/C11H17N3O2S/c1-7-5-8(2)14-10(13-7)17-6-11(3,12-4)9(15)16/h5,12H,6H2,1-4H3,(H,15,16). The van der Waals surface area contributed by atoms with Crippen LogP contribution in [0.2, 0.25) is 0 Å². The van der Waals surface area contributed by atoms with E-state index in [9.17, 15) is 4.79 Å². The van der Waals surface area contributed by atoms with Crippen molar-refractivity contribution in [1.82, 2.24) is 15.3 Å². The van der Waals surface area contributed by atoms with Crippen LogP contribution in [-0.2, 0) is 4.79 Å². The maximum atomic E-state index is 11.1. The molecule has 1 unspecified atom stereocenters. The quantitative estimate of drug-likeness (QED) is 0.609. The summed E-state index contributed by atoms with van der Waals surface area (Å²) in [5, 5.41) is 12.5. The fraction of sp³-hybridized carbons (Fsp3) is 0.545. The summed E-state index contributed by atoms with van der Waals surface area (Å²) in [6.45, 7) is 5.44. The van der Waals surface area contributed by atoms with Crippen LogP contribution >= 0.6 is 11.8 Å². The molecule has 0 saturated carbocycles. The molecule has 1 atom stereocenters. The van der Waals surface area contributed by atoms with Crippen LogP contribution in [0.25, 0.3) is 0 Å². The zero-order chi connectivity index (χ0) is 13.1. The molecule has 0 aliphatic carbocycles. The van der Waals surface area contributed by atoms with Gasteiger partial charge in [-0.3, -0.25) is 4.79 Å². The molecule has 0 saturated heterocycles. The lowest BCUT2D eigenvalue weighted by atomic mass is 10.1. The van der Waals surface area contributed by atoms with E-state index >= 15 is 0 Å². The zero-order valence-corrected chi connectivity index (χ0v) is 11.3. The summed E-state index contributed by atoms with van der Waals surface area (Å²) in [6.07, 6.45) is 0. The minimum Gasteiger partial charge on any atom is -0.480 e. The van der Waals surface area contributed by atoms with Gasteiger partial charge in [0, 0.05) is 17.1 Å². The maximum absolute atomic E-state index is 11.1. The van der Waals surface area contributed by atoms with Crippen LogP contribution in [0.5, 0.6) is 0 Å². The lowest BCUT2D eigenvalue weighted by Gasteiger charge is -2.23. The highest BCUT2D eigenvalue weighted by Crippen LogP contribution is 2.20. The third kappa shape index (κ3) is 3.67. The van der Waals surface area contributed by atoms with Crippen LogP contribution < -0.4 is 5.32 Å². The first-order valence-corrected chi connectivity index (χ1v) is 6.23. The predicted octanol–water partition coefficient (Wildman–Crippen LogP) is 1.25. The number of likely N-dealkylation sites (N-methyl/N-ethyl adjacent to an activating group) is 1. The van der Waals surface area contributed by atoms with Crippen LogP contribution in [0.1, 0.15) is 18.3 Å². The monoisotopic (exact) mass is 255 g/mol. The van der Waals surface area contributed by atoms with Crippen LogP contribution in [0.15, 0.2) is 11.2 Å². The molecule has 0 bridgehead atoms. The molecule has 0 aliphatic heterocycles. The van der Waals surface area contributed by atoms with Crippen molar-refractivity contribution in [3.63, 3.8) is 0 Å². The average molecular weight is 255 g/mol. The lowest BCUT2D eigenvalue weighted by Crippen LogP contribution is -2.49. The maximum Gasteiger partial charge on any atom is 0.324 e. The molecule has 1 aromatic rings. The largest absolute Gasteiger partial charge is 0.480 e. The number of nitrogens with one attached hydrogen (secondary N) is 1. The van der Waals surface area contributed by atoms with Crippen LogP contribution in [0.4, 0.5) is 0 Å². The fourth-order valence-corrected chi connectivity index (χ4v) is 2.31. The number of carboxylic acids is 1. The van der Waals surface area contributed by atoms with E-state index in [1.54, 1.807) is 14.0 Å². The van der Waals surface area contributed by atoms with E-state index in [1.165, 1.54) is 11.8 Å². The number of hydrogen-bond acceptors (Lipinski definition) is 5. The third-order valence-electron chi connectivity index (χ3n) is 2.48. The third-order valence-corrected chi connectivity index (χ3v) is 3.64. The number of hydrogen-bond donors (Lipinski definition) is 2. The van der Waals surface area contributed by atoms with Gasteiger partial charge in [-0.2, -0.15) is 0 Å². The Hall–Kier alpha value is -1.14. The highest BCUT2D eigenvalue weighted by atomic mass is 32.2. The first-order chi connectivity index (χ1) is 7.87. The molecule has 94 valence electrons. The number of aryl methyl sites for hydroxylation is 2. The molecule has 0 aliphatic rings. The molecule has 0 amide bonds. The molecule has 1 rings (SSSR count). The van der Waals surface area contributed by atoms with Crippen molar-refractivity contribution in [2.24, 2.45) is 0 Å². The van der Waals surface area contributed by atoms with Gasteiger partial charge in [-0.1, -0.05) is 11.8 Å². The van der Waals surface area contributed by atoms with Crippen molar-refractivity contribution < 1.29 is 9.90 Å². The smallest absolute Gasteiger partial charge is 0.324 e. The summed E-state index contributed by atoms with van der Waals surface area (Å²) in [6, 6.07) is 1.89. The van der Waals surface area contributed by atoms with E-state index in [2.05, 4.69) is 15.3 Å². The highest BCUT2D eigenvalue weighted by Gasteiger charge is 2.31.